The molecule has 2 aromatic carbocycles. The first-order chi connectivity index (χ1) is 11.6. The second-order valence-electron chi connectivity index (χ2n) is 5.13. The van der Waals surface area contributed by atoms with Crippen LogP contribution in [-0.4, -0.2) is 32.1 Å². The van der Waals surface area contributed by atoms with Crippen molar-refractivity contribution in [1.29, 1.82) is 0 Å². The number of H-pyrrole nitrogens is 1. The zero-order valence-corrected chi connectivity index (χ0v) is 14.2. The Kier molecular flexibility index (Phi) is 4.36. The van der Waals surface area contributed by atoms with Gasteiger partial charge in [-0.15, -0.1) is 0 Å². The van der Waals surface area contributed by atoms with E-state index in [4.69, 9.17) is 25.8 Å². The smallest absolute Gasteiger partial charge is 0.209 e. The lowest BCUT2D eigenvalue weighted by atomic mass is 10.1. The van der Waals surface area contributed by atoms with E-state index in [2.05, 4.69) is 4.98 Å². The SMILES string of the molecule is COc1cc2[nH]c(C(=O)c3ccc(Cl)cc3)cc2c(OC)c1OC. The lowest BCUT2D eigenvalue weighted by Gasteiger charge is -2.12. The summed E-state index contributed by atoms with van der Waals surface area (Å²) in [5.74, 6) is 1.38. The molecule has 24 heavy (non-hydrogen) atoms. The van der Waals surface area contributed by atoms with Crippen LogP contribution in [0.5, 0.6) is 17.2 Å². The van der Waals surface area contributed by atoms with E-state index in [1.54, 1.807) is 57.7 Å². The lowest BCUT2D eigenvalue weighted by Crippen LogP contribution is -2.00. The number of aromatic nitrogens is 1. The van der Waals surface area contributed by atoms with E-state index in [0.717, 1.165) is 10.9 Å². The van der Waals surface area contributed by atoms with Gasteiger partial charge in [0.05, 0.1) is 32.5 Å². The molecule has 6 heteroatoms. The van der Waals surface area contributed by atoms with Crippen molar-refractivity contribution in [2.75, 3.05) is 21.3 Å². The van der Waals surface area contributed by atoms with Gasteiger partial charge in [0, 0.05) is 22.0 Å². The maximum Gasteiger partial charge on any atom is 0.209 e. The van der Waals surface area contributed by atoms with Crippen LogP contribution in [0.15, 0.2) is 36.4 Å². The molecule has 0 saturated carbocycles. The molecule has 0 unspecified atom stereocenters. The van der Waals surface area contributed by atoms with Crippen LogP contribution in [-0.2, 0) is 0 Å². The number of ether oxygens (including phenoxy) is 3. The standard InChI is InChI=1S/C18H16ClNO4/c1-22-15-9-13-12(17(23-2)18(15)24-3)8-14(20-13)16(21)10-4-6-11(19)7-5-10/h4-9,20H,1-3H3. The molecule has 1 N–H and O–H groups in total. The van der Waals surface area contributed by atoms with E-state index in [-0.39, 0.29) is 5.78 Å². The summed E-state index contributed by atoms with van der Waals surface area (Å²) in [6, 6.07) is 10.3. The number of carbonyl (C=O) groups is 1. The molecule has 124 valence electrons. The number of ketones is 1. The summed E-state index contributed by atoms with van der Waals surface area (Å²) in [6.45, 7) is 0. The van der Waals surface area contributed by atoms with Gasteiger partial charge in [0.2, 0.25) is 11.5 Å². The van der Waals surface area contributed by atoms with Crippen molar-refractivity contribution in [2.24, 2.45) is 0 Å². The molecule has 1 heterocycles. The topological polar surface area (TPSA) is 60.6 Å². The molecule has 3 aromatic rings. The van der Waals surface area contributed by atoms with Gasteiger partial charge in [-0.2, -0.15) is 0 Å². The average Bonchev–Trinajstić information content (AvgIpc) is 3.03. The Balaban J connectivity index is 2.14. The maximum atomic E-state index is 12.7. The number of hydrogen-bond acceptors (Lipinski definition) is 4. The number of carbonyl (C=O) groups excluding carboxylic acids is 1. The first-order valence-corrected chi connectivity index (χ1v) is 7.58. The number of aromatic amines is 1. The fourth-order valence-electron chi connectivity index (χ4n) is 2.63. The van der Waals surface area contributed by atoms with Crippen LogP contribution < -0.4 is 14.2 Å². The molecular formula is C18H16ClNO4. The highest BCUT2D eigenvalue weighted by Gasteiger charge is 2.20. The highest BCUT2D eigenvalue weighted by Crippen LogP contribution is 2.43. The first kappa shape index (κ1) is 16.2. The predicted molar refractivity (Wildman–Crippen MR) is 92.8 cm³/mol. The Morgan fingerprint density at radius 1 is 0.958 bits per heavy atom. The summed E-state index contributed by atoms with van der Waals surface area (Å²) in [4.78, 5) is 15.8. The molecule has 0 saturated heterocycles. The minimum atomic E-state index is -0.136. The average molecular weight is 346 g/mol. The van der Waals surface area contributed by atoms with E-state index < -0.39 is 0 Å². The highest BCUT2D eigenvalue weighted by atomic mass is 35.5. The van der Waals surface area contributed by atoms with E-state index >= 15 is 0 Å². The number of nitrogens with one attached hydrogen (secondary N) is 1. The van der Waals surface area contributed by atoms with Gasteiger partial charge in [-0.05, 0) is 30.3 Å². The maximum absolute atomic E-state index is 12.7. The molecule has 0 bridgehead atoms. The largest absolute Gasteiger partial charge is 0.493 e. The molecule has 1 aromatic heterocycles. The van der Waals surface area contributed by atoms with Gasteiger partial charge in [-0.1, -0.05) is 11.6 Å². The molecule has 0 radical (unpaired) electrons. The number of hydrogen-bond donors (Lipinski definition) is 1. The summed E-state index contributed by atoms with van der Waals surface area (Å²) in [7, 11) is 4.63. The zero-order chi connectivity index (χ0) is 17.3. The van der Waals surface area contributed by atoms with Crippen LogP contribution in [0.2, 0.25) is 5.02 Å². The molecular weight excluding hydrogens is 330 g/mol. The number of methoxy groups -OCH3 is 3. The number of halogens is 1. The minimum absolute atomic E-state index is 0.136. The Morgan fingerprint density at radius 2 is 1.62 bits per heavy atom. The Morgan fingerprint density at radius 3 is 2.21 bits per heavy atom. The van der Waals surface area contributed by atoms with Gasteiger partial charge in [0.1, 0.15) is 0 Å². The van der Waals surface area contributed by atoms with Crippen LogP contribution in [0.4, 0.5) is 0 Å². The Labute approximate surface area is 144 Å². The van der Waals surface area contributed by atoms with Gasteiger partial charge in [0.15, 0.2) is 11.5 Å². The van der Waals surface area contributed by atoms with Crippen molar-refractivity contribution >= 4 is 28.3 Å². The molecule has 5 nitrogen and oxygen atoms in total. The number of fused-ring (bicyclic) bond motifs is 1. The van der Waals surface area contributed by atoms with Crippen molar-refractivity contribution < 1.29 is 19.0 Å². The predicted octanol–water partition coefficient (Wildman–Crippen LogP) is 4.08. The summed E-state index contributed by atoms with van der Waals surface area (Å²) >= 11 is 5.87. The quantitative estimate of drug-likeness (QED) is 0.708. The third-order valence-electron chi connectivity index (χ3n) is 3.78. The number of benzene rings is 2. The lowest BCUT2D eigenvalue weighted by molar-refractivity contribution is 0.103. The third kappa shape index (κ3) is 2.67. The summed E-state index contributed by atoms with van der Waals surface area (Å²) in [5, 5.41) is 1.33. The first-order valence-electron chi connectivity index (χ1n) is 7.21. The minimum Gasteiger partial charge on any atom is -0.493 e. The van der Waals surface area contributed by atoms with Crippen LogP contribution in [0, 0.1) is 0 Å². The number of rotatable bonds is 5. The molecule has 0 amide bonds. The van der Waals surface area contributed by atoms with Gasteiger partial charge < -0.3 is 19.2 Å². The fraction of sp³-hybridized carbons (Fsp3) is 0.167. The zero-order valence-electron chi connectivity index (χ0n) is 13.5. The monoisotopic (exact) mass is 345 g/mol. The Hall–Kier alpha value is -2.66. The van der Waals surface area contributed by atoms with Crippen molar-refractivity contribution in [2.45, 2.75) is 0 Å². The normalized spacial score (nSPS) is 10.7. The van der Waals surface area contributed by atoms with Crippen LogP contribution in [0.1, 0.15) is 16.1 Å². The third-order valence-corrected chi connectivity index (χ3v) is 4.03. The van der Waals surface area contributed by atoms with Gasteiger partial charge in [0.25, 0.3) is 0 Å². The van der Waals surface area contributed by atoms with Gasteiger partial charge in [-0.25, -0.2) is 0 Å². The van der Waals surface area contributed by atoms with Crippen LogP contribution in [0.25, 0.3) is 10.9 Å². The van der Waals surface area contributed by atoms with E-state index in [9.17, 15) is 4.79 Å². The van der Waals surface area contributed by atoms with E-state index in [0.29, 0.717) is 33.5 Å². The summed E-state index contributed by atoms with van der Waals surface area (Å²) < 4.78 is 16.2. The van der Waals surface area contributed by atoms with Crippen LogP contribution in [0.3, 0.4) is 0 Å². The molecule has 0 aliphatic rings. The summed E-state index contributed by atoms with van der Waals surface area (Å²) in [6.07, 6.45) is 0. The molecule has 0 fully saturated rings. The van der Waals surface area contributed by atoms with E-state index in [1.165, 1.54) is 0 Å². The van der Waals surface area contributed by atoms with Crippen LogP contribution >= 0.6 is 11.6 Å². The van der Waals surface area contributed by atoms with Crippen molar-refractivity contribution in [3.05, 3.63) is 52.7 Å². The molecule has 0 aliphatic heterocycles. The van der Waals surface area contributed by atoms with Gasteiger partial charge in [-0.3, -0.25) is 4.79 Å². The van der Waals surface area contributed by atoms with Crippen molar-refractivity contribution in [3.8, 4) is 17.2 Å². The fourth-order valence-corrected chi connectivity index (χ4v) is 2.76. The van der Waals surface area contributed by atoms with Crippen molar-refractivity contribution in [1.82, 2.24) is 4.98 Å². The molecule has 3 rings (SSSR count). The van der Waals surface area contributed by atoms with Gasteiger partial charge >= 0.3 is 0 Å². The highest BCUT2D eigenvalue weighted by molar-refractivity contribution is 6.30. The summed E-state index contributed by atoms with van der Waals surface area (Å²) in [5.41, 5.74) is 1.71. The Bertz CT molecular complexity index is 900. The molecule has 0 spiro atoms. The van der Waals surface area contributed by atoms with E-state index in [1.807, 2.05) is 0 Å². The molecule has 0 aliphatic carbocycles. The second-order valence-corrected chi connectivity index (χ2v) is 5.56. The molecule has 0 atom stereocenters. The second kappa shape index (κ2) is 6.45. The van der Waals surface area contributed by atoms with Crippen molar-refractivity contribution in [3.63, 3.8) is 0 Å².